The summed E-state index contributed by atoms with van der Waals surface area (Å²) in [5.74, 6) is -0.137. The van der Waals surface area contributed by atoms with E-state index in [-0.39, 0.29) is 5.91 Å². The number of carbonyl (C=O) groups is 1. The van der Waals surface area contributed by atoms with Crippen molar-refractivity contribution in [1.29, 1.82) is 0 Å². The molecule has 0 atom stereocenters. The lowest BCUT2D eigenvalue weighted by molar-refractivity contribution is 0.0950. The van der Waals surface area contributed by atoms with E-state index in [9.17, 15) is 4.79 Å². The number of thiazole rings is 1. The maximum Gasteiger partial charge on any atom is 0.251 e. The Kier molecular flexibility index (Phi) is 3.62. The minimum Gasteiger partial charge on any atom is -0.346 e. The zero-order valence-corrected chi connectivity index (χ0v) is 11.9. The number of hydrogen-bond acceptors (Lipinski definition) is 4. The molecule has 3 rings (SSSR count). The van der Waals surface area contributed by atoms with Gasteiger partial charge in [-0.2, -0.15) is 0 Å². The van der Waals surface area contributed by atoms with Crippen molar-refractivity contribution < 1.29 is 4.79 Å². The molecule has 0 saturated carbocycles. The molecule has 0 spiro atoms. The lowest BCUT2D eigenvalue weighted by Gasteiger charge is -2.04. The molecule has 20 heavy (non-hydrogen) atoms. The van der Waals surface area contributed by atoms with E-state index in [4.69, 9.17) is 11.6 Å². The van der Waals surface area contributed by atoms with Crippen LogP contribution in [0.2, 0.25) is 4.47 Å². The van der Waals surface area contributed by atoms with Crippen LogP contribution in [0.3, 0.4) is 0 Å². The number of halogens is 1. The highest BCUT2D eigenvalue weighted by Gasteiger charge is 2.08. The Labute approximate surface area is 124 Å². The Hall–Kier alpha value is -1.98. The number of amides is 1. The number of rotatable bonds is 3. The van der Waals surface area contributed by atoms with Crippen molar-refractivity contribution in [2.75, 3.05) is 0 Å². The first-order valence-electron chi connectivity index (χ1n) is 5.96. The quantitative estimate of drug-likeness (QED) is 0.808. The molecule has 1 amide bonds. The zero-order chi connectivity index (χ0) is 13.9. The standard InChI is InChI=1S/C14H10ClN3OS/c15-14-18-11-5-4-9(7-12(11)20-14)13(19)17-8-10-3-1-2-6-16-10/h1-7H,8H2,(H,17,19). The van der Waals surface area contributed by atoms with Crippen molar-refractivity contribution in [3.8, 4) is 0 Å². The molecular formula is C14H10ClN3OS. The Morgan fingerprint density at radius 1 is 1.30 bits per heavy atom. The second kappa shape index (κ2) is 5.56. The summed E-state index contributed by atoms with van der Waals surface area (Å²) in [5.41, 5.74) is 2.22. The minimum atomic E-state index is -0.137. The van der Waals surface area contributed by atoms with Crippen LogP contribution in [0, 0.1) is 0 Å². The number of nitrogens with one attached hydrogen (secondary N) is 1. The third-order valence-corrected chi connectivity index (χ3v) is 3.90. The third kappa shape index (κ3) is 2.79. The molecule has 4 nitrogen and oxygen atoms in total. The van der Waals surface area contributed by atoms with Crippen molar-refractivity contribution >= 4 is 39.1 Å². The monoisotopic (exact) mass is 303 g/mol. The van der Waals surface area contributed by atoms with E-state index in [1.807, 2.05) is 18.2 Å². The molecule has 2 heterocycles. The van der Waals surface area contributed by atoms with Gasteiger partial charge >= 0.3 is 0 Å². The number of fused-ring (bicyclic) bond motifs is 1. The molecule has 0 aliphatic carbocycles. The number of nitrogens with zero attached hydrogens (tertiary/aromatic N) is 2. The van der Waals surface area contributed by atoms with Gasteiger partial charge in [-0.25, -0.2) is 4.98 Å². The minimum absolute atomic E-state index is 0.137. The smallest absolute Gasteiger partial charge is 0.251 e. The van der Waals surface area contributed by atoms with Crippen molar-refractivity contribution in [2.24, 2.45) is 0 Å². The van der Waals surface area contributed by atoms with E-state index in [2.05, 4.69) is 15.3 Å². The molecule has 6 heteroatoms. The van der Waals surface area contributed by atoms with Gasteiger partial charge in [-0.05, 0) is 30.3 Å². The fourth-order valence-electron chi connectivity index (χ4n) is 1.81. The average Bonchev–Trinajstić information content (AvgIpc) is 2.85. The Morgan fingerprint density at radius 3 is 3.00 bits per heavy atom. The van der Waals surface area contributed by atoms with Gasteiger partial charge < -0.3 is 5.32 Å². The first-order valence-corrected chi connectivity index (χ1v) is 7.16. The number of aromatic nitrogens is 2. The molecule has 3 aromatic rings. The van der Waals surface area contributed by atoms with E-state index in [1.165, 1.54) is 11.3 Å². The van der Waals surface area contributed by atoms with Crippen LogP contribution in [0.4, 0.5) is 0 Å². The van der Waals surface area contributed by atoms with Gasteiger partial charge in [0.15, 0.2) is 4.47 Å². The summed E-state index contributed by atoms with van der Waals surface area (Å²) >= 11 is 7.21. The van der Waals surface area contributed by atoms with Crippen LogP contribution in [0.15, 0.2) is 42.6 Å². The third-order valence-electron chi connectivity index (χ3n) is 2.78. The first-order chi connectivity index (χ1) is 9.72. The molecule has 0 saturated heterocycles. The van der Waals surface area contributed by atoms with Crippen LogP contribution in [0.25, 0.3) is 10.2 Å². The number of carbonyl (C=O) groups excluding carboxylic acids is 1. The molecule has 1 N–H and O–H groups in total. The van der Waals surface area contributed by atoms with Gasteiger partial charge in [0.25, 0.3) is 5.91 Å². The molecule has 1 aromatic carbocycles. The van der Waals surface area contributed by atoms with Gasteiger partial charge in [-0.3, -0.25) is 9.78 Å². The van der Waals surface area contributed by atoms with Crippen molar-refractivity contribution in [3.05, 3.63) is 58.3 Å². The summed E-state index contributed by atoms with van der Waals surface area (Å²) < 4.78 is 1.38. The second-order valence-corrected chi connectivity index (χ2v) is 5.77. The molecule has 100 valence electrons. The van der Waals surface area contributed by atoms with Gasteiger partial charge in [0.1, 0.15) is 0 Å². The predicted octanol–water partition coefficient (Wildman–Crippen LogP) is 3.27. The maximum atomic E-state index is 12.1. The van der Waals surface area contributed by atoms with Crippen LogP contribution in [-0.4, -0.2) is 15.9 Å². The molecule has 0 bridgehead atoms. The van der Waals surface area contributed by atoms with Gasteiger partial charge in [-0.15, -0.1) is 11.3 Å². The average molecular weight is 304 g/mol. The largest absolute Gasteiger partial charge is 0.346 e. The molecule has 0 fully saturated rings. The number of benzene rings is 1. The van der Waals surface area contributed by atoms with Crippen LogP contribution in [-0.2, 0) is 6.54 Å². The Morgan fingerprint density at radius 2 is 2.20 bits per heavy atom. The SMILES string of the molecule is O=C(NCc1ccccn1)c1ccc2nc(Cl)sc2c1. The normalized spacial score (nSPS) is 10.7. The van der Waals surface area contributed by atoms with E-state index in [0.29, 0.717) is 16.6 Å². The van der Waals surface area contributed by atoms with Crippen LogP contribution < -0.4 is 5.32 Å². The van der Waals surface area contributed by atoms with Crippen LogP contribution in [0.1, 0.15) is 16.1 Å². The summed E-state index contributed by atoms with van der Waals surface area (Å²) in [6.07, 6.45) is 1.70. The summed E-state index contributed by atoms with van der Waals surface area (Å²) in [4.78, 5) is 20.4. The van der Waals surface area contributed by atoms with Gasteiger partial charge in [0.05, 0.1) is 22.5 Å². The zero-order valence-electron chi connectivity index (χ0n) is 10.3. The van der Waals surface area contributed by atoms with Gasteiger partial charge in [-0.1, -0.05) is 17.7 Å². The maximum absolute atomic E-state index is 12.1. The Bertz CT molecular complexity index is 757. The van der Waals surface area contributed by atoms with Crippen molar-refractivity contribution in [1.82, 2.24) is 15.3 Å². The first kappa shape index (κ1) is 13.0. The lowest BCUT2D eigenvalue weighted by atomic mass is 10.2. The van der Waals surface area contributed by atoms with Crippen LogP contribution in [0.5, 0.6) is 0 Å². The van der Waals surface area contributed by atoms with Crippen LogP contribution >= 0.6 is 22.9 Å². The van der Waals surface area contributed by atoms with E-state index < -0.39 is 0 Å². The fraction of sp³-hybridized carbons (Fsp3) is 0.0714. The molecule has 0 unspecified atom stereocenters. The van der Waals surface area contributed by atoms with E-state index in [1.54, 1.807) is 24.4 Å². The molecule has 0 aliphatic heterocycles. The lowest BCUT2D eigenvalue weighted by Crippen LogP contribution is -2.23. The number of pyridine rings is 1. The summed E-state index contributed by atoms with van der Waals surface area (Å²) in [5, 5.41) is 2.84. The Balaban J connectivity index is 1.75. The second-order valence-electron chi connectivity index (χ2n) is 4.15. The van der Waals surface area contributed by atoms with E-state index >= 15 is 0 Å². The van der Waals surface area contributed by atoms with Gasteiger partial charge in [0, 0.05) is 11.8 Å². The van der Waals surface area contributed by atoms with Crippen molar-refractivity contribution in [3.63, 3.8) is 0 Å². The topological polar surface area (TPSA) is 54.9 Å². The highest BCUT2D eigenvalue weighted by atomic mass is 35.5. The highest BCUT2D eigenvalue weighted by molar-refractivity contribution is 7.22. The summed E-state index contributed by atoms with van der Waals surface area (Å²) in [7, 11) is 0. The van der Waals surface area contributed by atoms with E-state index in [0.717, 1.165) is 15.9 Å². The van der Waals surface area contributed by atoms with Crippen molar-refractivity contribution in [2.45, 2.75) is 6.54 Å². The number of hydrogen-bond donors (Lipinski definition) is 1. The predicted molar refractivity (Wildman–Crippen MR) is 80.0 cm³/mol. The molecule has 2 aromatic heterocycles. The fourth-order valence-corrected chi connectivity index (χ4v) is 2.88. The van der Waals surface area contributed by atoms with Gasteiger partial charge in [0.2, 0.25) is 0 Å². The summed E-state index contributed by atoms with van der Waals surface area (Å²) in [6, 6.07) is 10.9. The highest BCUT2D eigenvalue weighted by Crippen LogP contribution is 2.26. The molecule has 0 aliphatic rings. The molecular weight excluding hydrogens is 294 g/mol. The summed E-state index contributed by atoms with van der Waals surface area (Å²) in [6.45, 7) is 0.404. The molecule has 0 radical (unpaired) electrons.